The molecule has 2 aliphatic carbocycles. The molecule has 1 aromatic rings. The van der Waals surface area contributed by atoms with Crippen LogP contribution in [-0.2, 0) is 0 Å². The zero-order valence-electron chi connectivity index (χ0n) is 11.9. The average Bonchev–Trinajstić information content (AvgIpc) is 2.84. The largest absolute Gasteiger partial charge is 0.236 e. The lowest BCUT2D eigenvalue weighted by molar-refractivity contribution is 0.550. The maximum atomic E-state index is 6.36. The topological polar surface area (TPSA) is 25.8 Å². The predicted octanol–water partition coefficient (Wildman–Crippen LogP) is 5.99. The van der Waals surface area contributed by atoms with Gasteiger partial charge in [0, 0.05) is 11.8 Å². The summed E-state index contributed by atoms with van der Waals surface area (Å²) >= 11 is 9.97. The van der Waals surface area contributed by atoms with Gasteiger partial charge in [0.25, 0.3) is 0 Å². The van der Waals surface area contributed by atoms with Crippen molar-refractivity contribution >= 4 is 27.5 Å². The summed E-state index contributed by atoms with van der Waals surface area (Å²) in [6, 6.07) is 0. The fourth-order valence-electron chi connectivity index (χ4n) is 3.64. The number of hydrogen-bond donors (Lipinski definition) is 0. The van der Waals surface area contributed by atoms with Crippen LogP contribution in [0.1, 0.15) is 87.6 Å². The lowest BCUT2D eigenvalue weighted by Crippen LogP contribution is -2.09. The highest BCUT2D eigenvalue weighted by atomic mass is 79.9. The van der Waals surface area contributed by atoms with Gasteiger partial charge in [-0.2, -0.15) is 0 Å². The molecule has 0 aliphatic heterocycles. The number of nitrogens with zero attached hydrogens (tertiary/aromatic N) is 2. The van der Waals surface area contributed by atoms with Gasteiger partial charge in [0.15, 0.2) is 0 Å². The van der Waals surface area contributed by atoms with E-state index in [2.05, 4.69) is 20.9 Å². The summed E-state index contributed by atoms with van der Waals surface area (Å²) < 4.78 is 0.934. The normalized spacial score (nSPS) is 22.1. The van der Waals surface area contributed by atoms with Crippen molar-refractivity contribution in [1.82, 2.24) is 9.97 Å². The molecule has 2 saturated carbocycles. The fourth-order valence-corrected chi connectivity index (χ4v) is 4.33. The van der Waals surface area contributed by atoms with E-state index in [9.17, 15) is 0 Å². The molecule has 4 heteroatoms. The van der Waals surface area contributed by atoms with Crippen LogP contribution in [0, 0.1) is 0 Å². The Balaban J connectivity index is 1.90. The van der Waals surface area contributed by atoms with Gasteiger partial charge in [-0.25, -0.2) is 9.97 Å². The highest BCUT2D eigenvalue weighted by molar-refractivity contribution is 9.10. The summed E-state index contributed by atoms with van der Waals surface area (Å²) in [4.78, 5) is 9.52. The van der Waals surface area contributed by atoms with Crippen LogP contribution < -0.4 is 0 Å². The smallest absolute Gasteiger partial charge is 0.147 e. The first-order valence-corrected chi connectivity index (χ1v) is 9.15. The molecule has 0 spiro atoms. The zero-order valence-corrected chi connectivity index (χ0v) is 14.2. The summed E-state index contributed by atoms with van der Waals surface area (Å²) in [5.41, 5.74) is 1.17. The molecule has 1 heterocycles. The molecule has 1 aromatic heterocycles. The van der Waals surface area contributed by atoms with E-state index < -0.39 is 0 Å². The Labute approximate surface area is 134 Å². The minimum Gasteiger partial charge on any atom is -0.236 e. The van der Waals surface area contributed by atoms with Crippen molar-refractivity contribution in [2.24, 2.45) is 0 Å². The molecule has 0 radical (unpaired) electrons. The van der Waals surface area contributed by atoms with Crippen molar-refractivity contribution in [3.8, 4) is 0 Å². The van der Waals surface area contributed by atoms with Crippen LogP contribution in [0.3, 0.4) is 0 Å². The number of aromatic nitrogens is 2. The van der Waals surface area contributed by atoms with Crippen LogP contribution in [0.15, 0.2) is 4.47 Å². The van der Waals surface area contributed by atoms with E-state index in [4.69, 9.17) is 16.6 Å². The molecular formula is C16H22BrClN2. The Hall–Kier alpha value is -0.150. The van der Waals surface area contributed by atoms with Gasteiger partial charge >= 0.3 is 0 Å². The van der Waals surface area contributed by atoms with Crippen LogP contribution in [0.5, 0.6) is 0 Å². The maximum Gasteiger partial charge on any atom is 0.147 e. The molecule has 0 saturated heterocycles. The zero-order chi connectivity index (χ0) is 13.9. The molecule has 0 atom stereocenters. The van der Waals surface area contributed by atoms with E-state index in [-0.39, 0.29) is 0 Å². The molecule has 0 aromatic carbocycles. The summed E-state index contributed by atoms with van der Waals surface area (Å²) in [6.07, 6.45) is 12.9. The van der Waals surface area contributed by atoms with E-state index >= 15 is 0 Å². The van der Waals surface area contributed by atoms with Crippen LogP contribution in [0.2, 0.25) is 5.15 Å². The van der Waals surface area contributed by atoms with Crippen LogP contribution in [-0.4, -0.2) is 9.97 Å². The fraction of sp³-hybridized carbons (Fsp3) is 0.750. The Morgan fingerprint density at radius 1 is 0.800 bits per heavy atom. The van der Waals surface area contributed by atoms with Gasteiger partial charge in [-0.1, -0.05) is 50.1 Å². The number of halogens is 2. The molecule has 0 unspecified atom stereocenters. The molecule has 20 heavy (non-hydrogen) atoms. The second-order valence-corrected chi connectivity index (χ2v) is 7.39. The molecule has 0 bridgehead atoms. The van der Waals surface area contributed by atoms with Gasteiger partial charge in [-0.15, -0.1) is 0 Å². The second kappa shape index (κ2) is 6.74. The first kappa shape index (κ1) is 14.8. The van der Waals surface area contributed by atoms with Crippen molar-refractivity contribution in [3.63, 3.8) is 0 Å². The van der Waals surface area contributed by atoms with Gasteiger partial charge in [-0.05, 0) is 41.6 Å². The highest BCUT2D eigenvalue weighted by Crippen LogP contribution is 2.40. The molecule has 2 nitrogen and oxygen atoms in total. The summed E-state index contributed by atoms with van der Waals surface area (Å²) in [7, 11) is 0. The summed E-state index contributed by atoms with van der Waals surface area (Å²) in [5.74, 6) is 2.10. The van der Waals surface area contributed by atoms with Crippen molar-refractivity contribution in [2.75, 3.05) is 0 Å². The first-order chi connectivity index (χ1) is 9.75. The molecule has 110 valence electrons. The SMILES string of the molecule is Clc1nc(C2CCCCCC2)nc(C2CCCC2)c1Br. The maximum absolute atomic E-state index is 6.36. The highest BCUT2D eigenvalue weighted by Gasteiger charge is 2.26. The lowest BCUT2D eigenvalue weighted by Gasteiger charge is -2.17. The Bertz CT molecular complexity index is 464. The van der Waals surface area contributed by atoms with Gasteiger partial charge in [0.2, 0.25) is 0 Å². The van der Waals surface area contributed by atoms with E-state index in [0.717, 1.165) is 10.3 Å². The van der Waals surface area contributed by atoms with E-state index in [0.29, 0.717) is 17.0 Å². The molecule has 2 fully saturated rings. The lowest BCUT2D eigenvalue weighted by atomic mass is 9.98. The van der Waals surface area contributed by atoms with Crippen LogP contribution >= 0.6 is 27.5 Å². The van der Waals surface area contributed by atoms with E-state index in [1.165, 1.54) is 69.9 Å². The summed E-state index contributed by atoms with van der Waals surface area (Å²) in [5, 5.41) is 0.612. The van der Waals surface area contributed by atoms with Gasteiger partial charge in [0.1, 0.15) is 11.0 Å². The predicted molar refractivity (Wildman–Crippen MR) is 86.4 cm³/mol. The van der Waals surface area contributed by atoms with Gasteiger partial charge in [0.05, 0.1) is 10.2 Å². The monoisotopic (exact) mass is 356 g/mol. The molecule has 2 aliphatic rings. The van der Waals surface area contributed by atoms with Gasteiger partial charge < -0.3 is 0 Å². The van der Waals surface area contributed by atoms with Crippen LogP contribution in [0.4, 0.5) is 0 Å². The number of rotatable bonds is 2. The molecule has 3 rings (SSSR count). The van der Waals surface area contributed by atoms with Crippen molar-refractivity contribution in [1.29, 1.82) is 0 Å². The Morgan fingerprint density at radius 3 is 2.00 bits per heavy atom. The standard InChI is InChI=1S/C16H22BrClN2/c17-13-14(11-7-5-6-8-11)19-16(20-15(13)18)12-9-3-1-2-4-10-12/h11-12H,1-10H2. The molecular weight excluding hydrogens is 336 g/mol. The van der Waals surface area contributed by atoms with E-state index in [1.54, 1.807) is 0 Å². The van der Waals surface area contributed by atoms with E-state index in [1.807, 2.05) is 0 Å². The van der Waals surface area contributed by atoms with Crippen molar-refractivity contribution in [3.05, 3.63) is 21.1 Å². The average molecular weight is 358 g/mol. The third-order valence-electron chi connectivity index (χ3n) is 4.82. The van der Waals surface area contributed by atoms with Crippen molar-refractivity contribution in [2.45, 2.75) is 76.0 Å². The van der Waals surface area contributed by atoms with Gasteiger partial charge in [-0.3, -0.25) is 0 Å². The quantitative estimate of drug-likeness (QED) is 0.480. The minimum atomic E-state index is 0.517. The molecule has 0 N–H and O–H groups in total. The summed E-state index contributed by atoms with van der Waals surface area (Å²) in [6.45, 7) is 0. The second-order valence-electron chi connectivity index (χ2n) is 6.24. The third kappa shape index (κ3) is 3.19. The Kier molecular flexibility index (Phi) is 4.98. The molecule has 0 amide bonds. The first-order valence-electron chi connectivity index (χ1n) is 7.98. The van der Waals surface area contributed by atoms with Crippen molar-refractivity contribution < 1.29 is 0 Å². The Morgan fingerprint density at radius 2 is 1.35 bits per heavy atom. The number of hydrogen-bond acceptors (Lipinski definition) is 2. The minimum absolute atomic E-state index is 0.517. The third-order valence-corrected chi connectivity index (χ3v) is 6.10. The van der Waals surface area contributed by atoms with Crippen LogP contribution in [0.25, 0.3) is 0 Å².